The number of pyridine rings is 1. The molecule has 1 aromatic heterocycles. The maximum absolute atomic E-state index is 11.8. The van der Waals surface area contributed by atoms with Crippen molar-refractivity contribution in [3.63, 3.8) is 0 Å². The van der Waals surface area contributed by atoms with Crippen LogP contribution in [-0.2, 0) is 11.3 Å². The minimum atomic E-state index is -0.0909. The van der Waals surface area contributed by atoms with Crippen molar-refractivity contribution < 1.29 is 9.78 Å². The Hall–Kier alpha value is -2.42. The molecule has 0 saturated heterocycles. The van der Waals surface area contributed by atoms with E-state index in [0.717, 1.165) is 11.1 Å². The fraction of sp³-hybridized carbons (Fsp3) is 0.222. The molecule has 3 nitrogen and oxygen atoms in total. The number of nitrogens with one attached hydrogen (secondary N) is 2. The van der Waals surface area contributed by atoms with Crippen molar-refractivity contribution in [2.24, 2.45) is 0 Å². The van der Waals surface area contributed by atoms with E-state index in [0.29, 0.717) is 12.5 Å². The number of aromatic amines is 1. The van der Waals surface area contributed by atoms with Crippen molar-refractivity contribution in [2.45, 2.75) is 26.3 Å². The fourth-order valence-electron chi connectivity index (χ4n) is 1.95. The number of amides is 1. The normalized spacial score (nSPS) is 11.0. The third-order valence-corrected chi connectivity index (χ3v) is 3.27. The van der Waals surface area contributed by atoms with Gasteiger partial charge in [-0.3, -0.25) is 4.79 Å². The van der Waals surface area contributed by atoms with Crippen LogP contribution in [0.1, 0.15) is 36.5 Å². The van der Waals surface area contributed by atoms with E-state index in [4.69, 9.17) is 0 Å². The molecule has 2 rings (SSSR count). The molecule has 0 fully saturated rings. The summed E-state index contributed by atoms with van der Waals surface area (Å²) in [5.74, 6) is 0.431. The molecule has 108 valence electrons. The zero-order chi connectivity index (χ0) is 15.1. The lowest BCUT2D eigenvalue weighted by atomic mass is 10.0. The molecular weight excluding hydrogens is 260 g/mol. The lowest BCUT2D eigenvalue weighted by molar-refractivity contribution is -0.378. The van der Waals surface area contributed by atoms with Crippen LogP contribution in [-0.4, -0.2) is 5.91 Å². The van der Waals surface area contributed by atoms with Crippen molar-refractivity contribution in [1.82, 2.24) is 5.32 Å². The SMILES string of the molecule is CC(C)c1ccc(C=CC(=O)NCc2ccc[nH+]c2)cc1. The summed E-state index contributed by atoms with van der Waals surface area (Å²) in [5.41, 5.74) is 3.38. The lowest BCUT2D eigenvalue weighted by Gasteiger charge is -2.04. The van der Waals surface area contributed by atoms with E-state index >= 15 is 0 Å². The van der Waals surface area contributed by atoms with Gasteiger partial charge < -0.3 is 5.32 Å². The molecule has 0 spiro atoms. The van der Waals surface area contributed by atoms with Gasteiger partial charge in [-0.2, -0.15) is 0 Å². The molecule has 0 aliphatic heterocycles. The highest BCUT2D eigenvalue weighted by Gasteiger charge is 1.99. The molecular formula is C18H21N2O+. The zero-order valence-electron chi connectivity index (χ0n) is 12.5. The maximum Gasteiger partial charge on any atom is 0.244 e. The Bertz CT molecular complexity index is 601. The van der Waals surface area contributed by atoms with Crippen molar-refractivity contribution in [3.8, 4) is 0 Å². The van der Waals surface area contributed by atoms with Gasteiger partial charge in [-0.25, -0.2) is 4.98 Å². The molecule has 0 aliphatic rings. The van der Waals surface area contributed by atoms with Crippen molar-refractivity contribution in [2.75, 3.05) is 0 Å². The van der Waals surface area contributed by atoms with E-state index < -0.39 is 0 Å². The second kappa shape index (κ2) is 7.39. The maximum atomic E-state index is 11.8. The van der Waals surface area contributed by atoms with Gasteiger partial charge in [0.05, 0.1) is 0 Å². The Morgan fingerprint density at radius 1 is 1.24 bits per heavy atom. The first-order chi connectivity index (χ1) is 10.1. The quantitative estimate of drug-likeness (QED) is 0.841. The van der Waals surface area contributed by atoms with Crippen LogP contribution in [0.15, 0.2) is 54.9 Å². The summed E-state index contributed by atoms with van der Waals surface area (Å²) in [5, 5.41) is 2.85. The van der Waals surface area contributed by atoms with E-state index in [1.54, 1.807) is 6.08 Å². The number of hydrogen-bond donors (Lipinski definition) is 1. The number of benzene rings is 1. The van der Waals surface area contributed by atoms with Crippen LogP contribution in [0.4, 0.5) is 0 Å². The summed E-state index contributed by atoms with van der Waals surface area (Å²) in [6.07, 6.45) is 7.11. The zero-order valence-corrected chi connectivity index (χ0v) is 12.5. The molecule has 1 aromatic carbocycles. The molecule has 0 saturated carbocycles. The summed E-state index contributed by atoms with van der Waals surface area (Å²) in [6.45, 7) is 4.85. The van der Waals surface area contributed by atoms with Gasteiger partial charge in [0, 0.05) is 24.3 Å². The topological polar surface area (TPSA) is 43.2 Å². The molecule has 0 bridgehead atoms. The highest BCUT2D eigenvalue weighted by Crippen LogP contribution is 2.15. The number of hydrogen-bond acceptors (Lipinski definition) is 1. The summed E-state index contributed by atoms with van der Waals surface area (Å²) < 4.78 is 0. The van der Waals surface area contributed by atoms with Gasteiger partial charge in [0.2, 0.25) is 5.91 Å². The van der Waals surface area contributed by atoms with Crippen LogP contribution in [0.2, 0.25) is 0 Å². The van der Waals surface area contributed by atoms with E-state index in [1.165, 1.54) is 5.56 Å². The summed E-state index contributed by atoms with van der Waals surface area (Å²) in [7, 11) is 0. The molecule has 0 radical (unpaired) electrons. The van der Waals surface area contributed by atoms with Crippen molar-refractivity contribution in [3.05, 3.63) is 71.6 Å². The molecule has 2 N–H and O–H groups in total. The van der Waals surface area contributed by atoms with E-state index in [-0.39, 0.29) is 5.91 Å². The van der Waals surface area contributed by atoms with Gasteiger partial charge in [0.15, 0.2) is 12.4 Å². The number of carbonyl (C=O) groups excluding carboxylic acids is 1. The minimum absolute atomic E-state index is 0.0909. The first-order valence-electron chi connectivity index (χ1n) is 7.16. The second-order valence-corrected chi connectivity index (χ2v) is 5.28. The average molecular weight is 281 g/mol. The van der Waals surface area contributed by atoms with Crippen LogP contribution in [0, 0.1) is 0 Å². The predicted molar refractivity (Wildman–Crippen MR) is 84.4 cm³/mol. The number of H-pyrrole nitrogens is 1. The Morgan fingerprint density at radius 3 is 2.62 bits per heavy atom. The van der Waals surface area contributed by atoms with Gasteiger partial charge >= 0.3 is 0 Å². The summed E-state index contributed by atoms with van der Waals surface area (Å²) >= 11 is 0. The molecule has 1 heterocycles. The molecule has 2 aromatic rings. The summed E-state index contributed by atoms with van der Waals surface area (Å²) in [6, 6.07) is 12.1. The van der Waals surface area contributed by atoms with Crippen LogP contribution in [0.25, 0.3) is 6.08 Å². The molecule has 0 unspecified atom stereocenters. The third kappa shape index (κ3) is 4.88. The van der Waals surface area contributed by atoms with Gasteiger partial charge in [-0.05, 0) is 29.2 Å². The molecule has 0 atom stereocenters. The van der Waals surface area contributed by atoms with Gasteiger partial charge in [0.1, 0.15) is 0 Å². The predicted octanol–water partition coefficient (Wildman–Crippen LogP) is 2.95. The van der Waals surface area contributed by atoms with E-state index in [1.807, 2.05) is 42.7 Å². The van der Waals surface area contributed by atoms with E-state index in [9.17, 15) is 4.79 Å². The molecule has 1 amide bonds. The van der Waals surface area contributed by atoms with Crippen molar-refractivity contribution >= 4 is 12.0 Å². The Labute approximate surface area is 125 Å². The fourth-order valence-corrected chi connectivity index (χ4v) is 1.95. The van der Waals surface area contributed by atoms with Crippen LogP contribution >= 0.6 is 0 Å². The monoisotopic (exact) mass is 281 g/mol. The standard InChI is InChI=1S/C18H20N2O/c1-14(2)17-8-5-15(6-9-17)7-10-18(21)20-13-16-4-3-11-19-12-16/h3-12,14H,13H2,1-2H3,(H,20,21)/p+1. The number of aromatic nitrogens is 1. The smallest absolute Gasteiger partial charge is 0.244 e. The number of rotatable bonds is 5. The first kappa shape index (κ1) is 15.0. The first-order valence-corrected chi connectivity index (χ1v) is 7.16. The Kier molecular flexibility index (Phi) is 5.27. The van der Waals surface area contributed by atoms with Crippen LogP contribution in [0.3, 0.4) is 0 Å². The van der Waals surface area contributed by atoms with Crippen LogP contribution < -0.4 is 10.3 Å². The second-order valence-electron chi connectivity index (χ2n) is 5.28. The molecule has 0 aliphatic carbocycles. The average Bonchev–Trinajstić information content (AvgIpc) is 2.52. The van der Waals surface area contributed by atoms with E-state index in [2.05, 4.69) is 36.3 Å². The summed E-state index contributed by atoms with van der Waals surface area (Å²) in [4.78, 5) is 14.7. The highest BCUT2D eigenvalue weighted by atomic mass is 16.1. The Morgan fingerprint density at radius 2 is 2.00 bits per heavy atom. The highest BCUT2D eigenvalue weighted by molar-refractivity contribution is 5.91. The van der Waals surface area contributed by atoms with Crippen LogP contribution in [0.5, 0.6) is 0 Å². The van der Waals surface area contributed by atoms with Gasteiger partial charge in [-0.1, -0.05) is 38.1 Å². The van der Waals surface area contributed by atoms with Gasteiger partial charge in [-0.15, -0.1) is 0 Å². The molecule has 21 heavy (non-hydrogen) atoms. The van der Waals surface area contributed by atoms with Crippen molar-refractivity contribution in [1.29, 1.82) is 0 Å². The third-order valence-electron chi connectivity index (χ3n) is 3.27. The lowest BCUT2D eigenvalue weighted by Crippen LogP contribution is -2.21. The minimum Gasteiger partial charge on any atom is -0.348 e. The number of carbonyl (C=O) groups is 1. The molecule has 3 heteroatoms. The van der Waals surface area contributed by atoms with Gasteiger partial charge in [0.25, 0.3) is 0 Å². The largest absolute Gasteiger partial charge is 0.348 e. The Balaban J connectivity index is 1.87.